The van der Waals surface area contributed by atoms with E-state index >= 15 is 0 Å². The summed E-state index contributed by atoms with van der Waals surface area (Å²) in [6.07, 6.45) is -0.329. The molecule has 0 saturated carbocycles. The summed E-state index contributed by atoms with van der Waals surface area (Å²) in [6, 6.07) is 8.93. The van der Waals surface area contributed by atoms with Crippen LogP contribution in [0.3, 0.4) is 0 Å². The first-order valence-corrected chi connectivity index (χ1v) is 5.46. The molecule has 0 heterocycles. The molecule has 0 aliphatic heterocycles. The maximum atomic E-state index is 11.6. The topological polar surface area (TPSA) is 43.4 Å². The van der Waals surface area contributed by atoms with Crippen LogP contribution in [0.5, 0.6) is 5.75 Å². The summed E-state index contributed by atoms with van der Waals surface area (Å²) in [4.78, 5) is 23.1. The molecule has 0 atom stereocenters. The lowest BCUT2D eigenvalue weighted by molar-refractivity contribution is -0.136. The summed E-state index contributed by atoms with van der Waals surface area (Å²) >= 11 is 0. The molecular formula is C13H16O3. The molecule has 0 aliphatic carbocycles. The van der Waals surface area contributed by atoms with Gasteiger partial charge in [-0.25, -0.2) is 0 Å². The number of benzene rings is 1. The van der Waals surface area contributed by atoms with Gasteiger partial charge in [0.1, 0.15) is 5.75 Å². The Kier molecular flexibility index (Phi) is 4.70. The molecule has 0 radical (unpaired) electrons. The number of hydrogen-bond acceptors (Lipinski definition) is 3. The van der Waals surface area contributed by atoms with E-state index in [1.54, 1.807) is 38.1 Å². The number of ketones is 2. The molecule has 0 saturated heterocycles. The Bertz CT molecular complexity index is 341. The van der Waals surface area contributed by atoms with Gasteiger partial charge in [0.2, 0.25) is 6.10 Å². The van der Waals surface area contributed by atoms with Gasteiger partial charge in [0.25, 0.3) is 0 Å². The first-order chi connectivity index (χ1) is 7.69. The van der Waals surface area contributed by atoms with E-state index < -0.39 is 6.10 Å². The third-order valence-corrected chi connectivity index (χ3v) is 2.28. The maximum Gasteiger partial charge on any atom is 0.214 e. The first-order valence-electron chi connectivity index (χ1n) is 5.46. The summed E-state index contributed by atoms with van der Waals surface area (Å²) in [5.41, 5.74) is 0. The average molecular weight is 220 g/mol. The number of Topliss-reactive ketones (excluding diaryl/α,β-unsaturated/α-hetero) is 2. The second kappa shape index (κ2) is 6.05. The Morgan fingerprint density at radius 1 is 1.06 bits per heavy atom. The van der Waals surface area contributed by atoms with Gasteiger partial charge in [-0.15, -0.1) is 0 Å². The van der Waals surface area contributed by atoms with Crippen molar-refractivity contribution in [2.75, 3.05) is 0 Å². The summed E-state index contributed by atoms with van der Waals surface area (Å²) in [6.45, 7) is 3.46. The average Bonchev–Trinajstić information content (AvgIpc) is 2.35. The van der Waals surface area contributed by atoms with Crippen LogP contribution in [0.1, 0.15) is 26.7 Å². The smallest absolute Gasteiger partial charge is 0.214 e. The van der Waals surface area contributed by atoms with Gasteiger partial charge < -0.3 is 4.74 Å². The van der Waals surface area contributed by atoms with Crippen LogP contribution < -0.4 is 4.74 Å². The van der Waals surface area contributed by atoms with E-state index in [0.29, 0.717) is 18.6 Å². The summed E-state index contributed by atoms with van der Waals surface area (Å²) < 4.78 is 5.42. The molecule has 86 valence electrons. The van der Waals surface area contributed by atoms with E-state index in [-0.39, 0.29) is 11.6 Å². The first kappa shape index (κ1) is 12.4. The Hall–Kier alpha value is -1.64. The van der Waals surface area contributed by atoms with Crippen molar-refractivity contribution >= 4 is 11.6 Å². The molecule has 1 aromatic carbocycles. The molecule has 3 heteroatoms. The standard InChI is InChI=1S/C13H16O3/c1-3-11(14)13(12(15)4-2)16-10-8-6-5-7-9-10/h5-9,13H,3-4H2,1-2H3. The van der Waals surface area contributed by atoms with Gasteiger partial charge in [-0.05, 0) is 12.1 Å². The molecule has 0 aromatic heterocycles. The van der Waals surface area contributed by atoms with Crippen molar-refractivity contribution in [2.24, 2.45) is 0 Å². The molecular weight excluding hydrogens is 204 g/mol. The lowest BCUT2D eigenvalue weighted by Crippen LogP contribution is -2.35. The second-order valence-corrected chi connectivity index (χ2v) is 3.45. The predicted octanol–water partition coefficient (Wildman–Crippen LogP) is 2.39. The predicted molar refractivity (Wildman–Crippen MR) is 61.5 cm³/mol. The lowest BCUT2D eigenvalue weighted by Gasteiger charge is -2.15. The number of carbonyl (C=O) groups is 2. The Balaban J connectivity index is 2.79. The maximum absolute atomic E-state index is 11.6. The van der Waals surface area contributed by atoms with E-state index in [4.69, 9.17) is 4.74 Å². The van der Waals surface area contributed by atoms with Crippen LogP contribution in [0.2, 0.25) is 0 Å². The van der Waals surface area contributed by atoms with Crippen LogP contribution in [-0.2, 0) is 9.59 Å². The quantitative estimate of drug-likeness (QED) is 0.691. The molecule has 0 aliphatic rings. The van der Waals surface area contributed by atoms with Gasteiger partial charge in [0.15, 0.2) is 11.6 Å². The van der Waals surface area contributed by atoms with Gasteiger partial charge in [-0.3, -0.25) is 9.59 Å². The molecule has 3 nitrogen and oxygen atoms in total. The van der Waals surface area contributed by atoms with Gasteiger partial charge in [-0.2, -0.15) is 0 Å². The van der Waals surface area contributed by atoms with E-state index in [9.17, 15) is 9.59 Å². The van der Waals surface area contributed by atoms with Crippen molar-refractivity contribution in [3.05, 3.63) is 30.3 Å². The van der Waals surface area contributed by atoms with E-state index in [1.807, 2.05) is 6.07 Å². The fourth-order valence-electron chi connectivity index (χ4n) is 1.32. The molecule has 0 unspecified atom stereocenters. The van der Waals surface area contributed by atoms with Gasteiger partial charge in [0.05, 0.1) is 0 Å². The molecule has 0 amide bonds. The van der Waals surface area contributed by atoms with Crippen molar-refractivity contribution < 1.29 is 14.3 Å². The molecule has 1 rings (SSSR count). The van der Waals surface area contributed by atoms with E-state index in [0.717, 1.165) is 0 Å². The number of para-hydroxylation sites is 1. The fraction of sp³-hybridized carbons (Fsp3) is 0.385. The highest BCUT2D eigenvalue weighted by atomic mass is 16.5. The van der Waals surface area contributed by atoms with Crippen molar-refractivity contribution in [3.8, 4) is 5.75 Å². The van der Waals surface area contributed by atoms with Crippen LogP contribution in [0.4, 0.5) is 0 Å². The monoisotopic (exact) mass is 220 g/mol. The number of ether oxygens (including phenoxy) is 1. The minimum atomic E-state index is -0.947. The van der Waals surface area contributed by atoms with Crippen molar-refractivity contribution in [1.29, 1.82) is 0 Å². The SMILES string of the molecule is CCC(=O)C(Oc1ccccc1)C(=O)CC. The van der Waals surface area contributed by atoms with Gasteiger partial charge >= 0.3 is 0 Å². The molecule has 0 fully saturated rings. The van der Waals surface area contributed by atoms with E-state index in [2.05, 4.69) is 0 Å². The summed E-state index contributed by atoms with van der Waals surface area (Å²) in [7, 11) is 0. The van der Waals surface area contributed by atoms with Crippen LogP contribution in [0.25, 0.3) is 0 Å². The molecule has 0 bridgehead atoms. The van der Waals surface area contributed by atoms with Crippen molar-refractivity contribution in [3.63, 3.8) is 0 Å². The zero-order valence-corrected chi connectivity index (χ0v) is 9.60. The highest BCUT2D eigenvalue weighted by Gasteiger charge is 2.25. The van der Waals surface area contributed by atoms with Gasteiger partial charge in [0, 0.05) is 12.8 Å². The van der Waals surface area contributed by atoms with Crippen LogP contribution in [0.15, 0.2) is 30.3 Å². The zero-order valence-electron chi connectivity index (χ0n) is 9.60. The minimum Gasteiger partial charge on any atom is -0.475 e. The third kappa shape index (κ3) is 3.19. The summed E-state index contributed by atoms with van der Waals surface area (Å²) in [5.74, 6) is 0.211. The Morgan fingerprint density at radius 3 is 2.00 bits per heavy atom. The van der Waals surface area contributed by atoms with Crippen molar-refractivity contribution in [1.82, 2.24) is 0 Å². The largest absolute Gasteiger partial charge is 0.475 e. The Morgan fingerprint density at radius 2 is 1.56 bits per heavy atom. The number of carbonyl (C=O) groups excluding carboxylic acids is 2. The number of hydrogen-bond donors (Lipinski definition) is 0. The minimum absolute atomic E-state index is 0.171. The zero-order chi connectivity index (χ0) is 12.0. The molecule has 16 heavy (non-hydrogen) atoms. The van der Waals surface area contributed by atoms with Crippen molar-refractivity contribution in [2.45, 2.75) is 32.8 Å². The van der Waals surface area contributed by atoms with E-state index in [1.165, 1.54) is 0 Å². The fourth-order valence-corrected chi connectivity index (χ4v) is 1.32. The highest BCUT2D eigenvalue weighted by molar-refractivity contribution is 6.05. The Labute approximate surface area is 95.4 Å². The van der Waals surface area contributed by atoms with Crippen LogP contribution in [-0.4, -0.2) is 17.7 Å². The molecule has 0 N–H and O–H groups in total. The normalized spacial score (nSPS) is 10.2. The highest BCUT2D eigenvalue weighted by Crippen LogP contribution is 2.13. The summed E-state index contributed by atoms with van der Waals surface area (Å²) in [5, 5.41) is 0. The third-order valence-electron chi connectivity index (χ3n) is 2.28. The van der Waals surface area contributed by atoms with Gasteiger partial charge in [-0.1, -0.05) is 32.0 Å². The molecule has 0 spiro atoms. The lowest BCUT2D eigenvalue weighted by atomic mass is 10.1. The van der Waals surface area contributed by atoms with Crippen LogP contribution in [0, 0.1) is 0 Å². The van der Waals surface area contributed by atoms with Crippen LogP contribution >= 0.6 is 0 Å². The second-order valence-electron chi connectivity index (χ2n) is 3.45. The molecule has 1 aromatic rings. The number of rotatable bonds is 6.